The Hall–Kier alpha value is -1.09. The van der Waals surface area contributed by atoms with E-state index in [1.807, 2.05) is 0 Å². The fraction of sp³-hybridized carbons (Fsp3) is 0.667. The molecule has 2 spiro atoms. The molecule has 0 radical (unpaired) electrons. The Morgan fingerprint density at radius 1 is 1.05 bits per heavy atom. The first kappa shape index (κ1) is 13.6. The molecule has 1 heterocycles. The van der Waals surface area contributed by atoms with Gasteiger partial charge in [-0.2, -0.15) is 0 Å². The van der Waals surface area contributed by atoms with Crippen LogP contribution in [0.1, 0.15) is 69.4 Å². The zero-order valence-electron chi connectivity index (χ0n) is 12.5. The zero-order valence-corrected chi connectivity index (χ0v) is 12.5. The lowest BCUT2D eigenvalue weighted by atomic mass is 9.65. The molecule has 0 amide bonds. The third kappa shape index (κ3) is 2.26. The largest absolute Gasteiger partial charge is 0.487 e. The molecule has 1 aromatic carbocycles. The second-order valence-electron chi connectivity index (χ2n) is 7.48. The van der Waals surface area contributed by atoms with Crippen molar-refractivity contribution in [1.82, 2.24) is 0 Å². The van der Waals surface area contributed by atoms with E-state index in [4.69, 9.17) is 10.5 Å². The van der Waals surface area contributed by atoms with Crippen LogP contribution >= 0.6 is 0 Å². The summed E-state index contributed by atoms with van der Waals surface area (Å²) in [5.74, 6) is 0.579. The Morgan fingerprint density at radius 3 is 2.48 bits per heavy atom. The number of hydrogen-bond donors (Lipinski definition) is 1. The van der Waals surface area contributed by atoms with E-state index in [2.05, 4.69) is 0 Å². The molecule has 21 heavy (non-hydrogen) atoms. The minimum atomic E-state index is -0.225. The normalized spacial score (nSPS) is 29.3. The van der Waals surface area contributed by atoms with Crippen LogP contribution in [0.3, 0.4) is 0 Å². The molecule has 1 unspecified atom stereocenters. The van der Waals surface area contributed by atoms with Gasteiger partial charge in [0, 0.05) is 18.0 Å². The summed E-state index contributed by atoms with van der Waals surface area (Å²) in [6.07, 6.45) is 11.2. The van der Waals surface area contributed by atoms with Crippen molar-refractivity contribution in [2.24, 2.45) is 11.1 Å². The lowest BCUT2D eigenvalue weighted by Gasteiger charge is -2.48. The van der Waals surface area contributed by atoms with Crippen molar-refractivity contribution >= 4 is 0 Å². The number of hydrogen-bond acceptors (Lipinski definition) is 2. The SMILES string of the molecule is NC1CC2(CCC3(CCCC3)CC2)Oc2ccc(F)cc21. The molecule has 0 aromatic heterocycles. The average molecular weight is 289 g/mol. The molecule has 3 aliphatic rings. The van der Waals surface area contributed by atoms with Gasteiger partial charge >= 0.3 is 0 Å². The van der Waals surface area contributed by atoms with Gasteiger partial charge in [0.1, 0.15) is 17.2 Å². The van der Waals surface area contributed by atoms with Gasteiger partial charge in [-0.1, -0.05) is 12.8 Å². The molecular weight excluding hydrogens is 265 g/mol. The molecule has 2 saturated carbocycles. The van der Waals surface area contributed by atoms with E-state index < -0.39 is 0 Å². The van der Waals surface area contributed by atoms with Crippen LogP contribution < -0.4 is 10.5 Å². The Morgan fingerprint density at radius 2 is 1.76 bits per heavy atom. The van der Waals surface area contributed by atoms with Crippen molar-refractivity contribution in [3.05, 3.63) is 29.6 Å². The highest BCUT2D eigenvalue weighted by Gasteiger charge is 2.47. The Balaban J connectivity index is 1.56. The Bertz CT molecular complexity index is 540. The molecule has 3 heteroatoms. The first-order chi connectivity index (χ1) is 10.1. The molecule has 4 rings (SSSR count). The maximum Gasteiger partial charge on any atom is 0.125 e. The van der Waals surface area contributed by atoms with Crippen LogP contribution in [0.4, 0.5) is 4.39 Å². The maximum atomic E-state index is 13.4. The highest BCUT2D eigenvalue weighted by Crippen LogP contribution is 2.55. The monoisotopic (exact) mass is 289 g/mol. The summed E-state index contributed by atoms with van der Waals surface area (Å²) in [7, 11) is 0. The van der Waals surface area contributed by atoms with Gasteiger partial charge in [-0.3, -0.25) is 0 Å². The fourth-order valence-corrected chi connectivity index (χ4v) is 4.85. The van der Waals surface area contributed by atoms with Gasteiger partial charge < -0.3 is 10.5 Å². The molecule has 0 bridgehead atoms. The summed E-state index contributed by atoms with van der Waals surface area (Å²) < 4.78 is 19.7. The van der Waals surface area contributed by atoms with Crippen molar-refractivity contribution in [3.63, 3.8) is 0 Å². The van der Waals surface area contributed by atoms with Gasteiger partial charge in [0.2, 0.25) is 0 Å². The van der Waals surface area contributed by atoms with Crippen molar-refractivity contribution in [3.8, 4) is 5.75 Å². The highest BCUT2D eigenvalue weighted by molar-refractivity contribution is 5.39. The van der Waals surface area contributed by atoms with Crippen molar-refractivity contribution < 1.29 is 9.13 Å². The first-order valence-electron chi connectivity index (χ1n) is 8.34. The Kier molecular flexibility index (Phi) is 3.04. The average Bonchev–Trinajstić information content (AvgIpc) is 2.93. The van der Waals surface area contributed by atoms with E-state index >= 15 is 0 Å². The molecule has 0 saturated heterocycles. The Labute approximate surface area is 125 Å². The molecule has 1 aliphatic heterocycles. The first-order valence-corrected chi connectivity index (χ1v) is 8.34. The third-order valence-corrected chi connectivity index (χ3v) is 6.18. The summed E-state index contributed by atoms with van der Waals surface area (Å²) in [5.41, 5.74) is 7.65. The van der Waals surface area contributed by atoms with Gasteiger partial charge in [0.05, 0.1) is 0 Å². The van der Waals surface area contributed by atoms with E-state index in [9.17, 15) is 4.39 Å². The summed E-state index contributed by atoms with van der Waals surface area (Å²) in [6, 6.07) is 4.67. The van der Waals surface area contributed by atoms with Crippen LogP contribution in [0.5, 0.6) is 5.75 Å². The lowest BCUT2D eigenvalue weighted by molar-refractivity contribution is -0.0328. The van der Waals surface area contributed by atoms with Gasteiger partial charge in [-0.15, -0.1) is 0 Å². The minimum Gasteiger partial charge on any atom is -0.487 e. The predicted octanol–water partition coefficient (Wildman–Crippen LogP) is 4.48. The number of halogens is 1. The van der Waals surface area contributed by atoms with Gasteiger partial charge in [0.15, 0.2) is 0 Å². The second-order valence-corrected chi connectivity index (χ2v) is 7.48. The van der Waals surface area contributed by atoms with Gasteiger partial charge in [0.25, 0.3) is 0 Å². The molecule has 2 aliphatic carbocycles. The molecule has 2 fully saturated rings. The van der Waals surface area contributed by atoms with E-state index in [0.29, 0.717) is 5.41 Å². The summed E-state index contributed by atoms with van der Waals surface area (Å²) in [6.45, 7) is 0. The molecule has 2 nitrogen and oxygen atoms in total. The van der Waals surface area contributed by atoms with Crippen LogP contribution in [0.15, 0.2) is 18.2 Å². The maximum absolute atomic E-state index is 13.4. The smallest absolute Gasteiger partial charge is 0.125 e. The minimum absolute atomic E-state index is 0.0953. The van der Waals surface area contributed by atoms with E-state index in [0.717, 1.165) is 30.6 Å². The predicted molar refractivity (Wildman–Crippen MR) is 80.7 cm³/mol. The van der Waals surface area contributed by atoms with E-state index in [-0.39, 0.29) is 17.5 Å². The van der Waals surface area contributed by atoms with Crippen LogP contribution in [0.25, 0.3) is 0 Å². The van der Waals surface area contributed by atoms with E-state index in [1.165, 1.54) is 50.7 Å². The summed E-state index contributed by atoms with van der Waals surface area (Å²) >= 11 is 0. The molecule has 1 aromatic rings. The van der Waals surface area contributed by atoms with E-state index in [1.54, 1.807) is 6.07 Å². The zero-order chi connectivity index (χ0) is 14.5. The van der Waals surface area contributed by atoms with Crippen LogP contribution in [-0.2, 0) is 0 Å². The van der Waals surface area contributed by atoms with Crippen molar-refractivity contribution in [2.45, 2.75) is 69.4 Å². The van der Waals surface area contributed by atoms with Crippen LogP contribution in [0.2, 0.25) is 0 Å². The fourth-order valence-electron chi connectivity index (χ4n) is 4.85. The van der Waals surface area contributed by atoms with Crippen molar-refractivity contribution in [1.29, 1.82) is 0 Å². The molecule has 114 valence electrons. The van der Waals surface area contributed by atoms with Gasteiger partial charge in [-0.25, -0.2) is 4.39 Å². The molecule has 2 N–H and O–H groups in total. The quantitative estimate of drug-likeness (QED) is 0.764. The third-order valence-electron chi connectivity index (χ3n) is 6.18. The summed E-state index contributed by atoms with van der Waals surface area (Å²) in [5, 5.41) is 0. The van der Waals surface area contributed by atoms with Gasteiger partial charge in [-0.05, 0) is 62.1 Å². The highest BCUT2D eigenvalue weighted by atomic mass is 19.1. The lowest BCUT2D eigenvalue weighted by Crippen LogP contribution is -2.47. The van der Waals surface area contributed by atoms with Crippen LogP contribution in [0, 0.1) is 11.2 Å². The number of fused-ring (bicyclic) bond motifs is 1. The second kappa shape index (κ2) is 4.70. The standard InChI is InChI=1S/C18H24FNO/c19-13-3-4-16-14(11-13)15(20)12-18(21-16)9-7-17(8-10-18)5-1-2-6-17/h3-4,11,15H,1-2,5-10,12,20H2. The molecule has 1 atom stereocenters. The molecular formula is C18H24FNO. The summed E-state index contributed by atoms with van der Waals surface area (Å²) in [4.78, 5) is 0. The van der Waals surface area contributed by atoms with Crippen molar-refractivity contribution in [2.75, 3.05) is 0 Å². The number of nitrogens with two attached hydrogens (primary N) is 1. The number of ether oxygens (including phenoxy) is 1. The number of benzene rings is 1. The topological polar surface area (TPSA) is 35.2 Å². The number of rotatable bonds is 0. The van der Waals surface area contributed by atoms with Crippen LogP contribution in [-0.4, -0.2) is 5.60 Å².